The molecule has 0 aliphatic carbocycles. The molecule has 0 saturated carbocycles. The molecule has 0 spiro atoms. The minimum absolute atomic E-state index is 0.0259. The van der Waals surface area contributed by atoms with E-state index in [0.29, 0.717) is 12.1 Å². The fraction of sp³-hybridized carbons (Fsp3) is 0.364. The average Bonchev–Trinajstić information content (AvgIpc) is 3.36. The number of nitrogens with one attached hydrogen (secondary N) is 3. The van der Waals surface area contributed by atoms with Gasteiger partial charge >= 0.3 is 5.69 Å². The molecule has 1 aromatic heterocycles. The molecule has 1 saturated heterocycles. The summed E-state index contributed by atoms with van der Waals surface area (Å²) in [6, 6.07) is 12.3. The number of aromatic nitrogens is 2. The van der Waals surface area contributed by atoms with Crippen LogP contribution in [0.15, 0.2) is 41.2 Å². The maximum Gasteiger partial charge on any atom is 0.323 e. The van der Waals surface area contributed by atoms with Crippen molar-refractivity contribution in [3.05, 3.63) is 58.0 Å². The van der Waals surface area contributed by atoms with Gasteiger partial charge in [0, 0.05) is 26.2 Å². The molecule has 7 heteroatoms. The second-order valence-electron chi connectivity index (χ2n) is 7.97. The summed E-state index contributed by atoms with van der Waals surface area (Å²) in [6.45, 7) is 3.97. The minimum Gasteiger partial charge on any atom is -0.370 e. The van der Waals surface area contributed by atoms with Crippen molar-refractivity contribution >= 4 is 28.3 Å². The number of rotatable bonds is 4. The molecule has 3 aromatic rings. The van der Waals surface area contributed by atoms with E-state index in [1.807, 2.05) is 12.1 Å². The summed E-state index contributed by atoms with van der Waals surface area (Å²) in [5.41, 5.74) is 5.66. The van der Waals surface area contributed by atoms with Crippen LogP contribution in [0.3, 0.4) is 0 Å². The van der Waals surface area contributed by atoms with Gasteiger partial charge in [-0.3, -0.25) is 9.69 Å². The van der Waals surface area contributed by atoms with Gasteiger partial charge in [-0.1, -0.05) is 24.3 Å². The van der Waals surface area contributed by atoms with Gasteiger partial charge in [0.1, 0.15) is 0 Å². The minimum atomic E-state index is -0.233. The lowest BCUT2D eigenvalue weighted by atomic mass is 10.00. The molecule has 0 unspecified atom stereocenters. The second kappa shape index (κ2) is 7.40. The van der Waals surface area contributed by atoms with E-state index in [1.165, 1.54) is 11.1 Å². The third-order valence-electron chi connectivity index (χ3n) is 5.93. The van der Waals surface area contributed by atoms with Crippen molar-refractivity contribution in [1.29, 1.82) is 0 Å². The number of imidazole rings is 1. The highest BCUT2D eigenvalue weighted by Gasteiger charge is 2.21. The normalized spacial score (nSPS) is 16.9. The van der Waals surface area contributed by atoms with Crippen LogP contribution in [0.5, 0.6) is 0 Å². The topological polar surface area (TPSA) is 84.2 Å². The van der Waals surface area contributed by atoms with E-state index in [2.05, 4.69) is 49.4 Å². The Balaban J connectivity index is 1.36. The van der Waals surface area contributed by atoms with Gasteiger partial charge in [0.2, 0.25) is 5.91 Å². The standard InChI is InChI=1S/C22H25N5O2/c28-21(14-26-10-7-15-5-1-2-6-16(15)13-26)23-19-11-17-18(25-22(29)24-17)12-20(19)27-8-3-4-9-27/h1-2,5-6,11-12H,3-4,7-10,13-14H2,(H,23,28)(H2,24,25,29). The second-order valence-corrected chi connectivity index (χ2v) is 7.97. The number of benzene rings is 2. The highest BCUT2D eigenvalue weighted by Crippen LogP contribution is 2.32. The van der Waals surface area contributed by atoms with Gasteiger partial charge < -0.3 is 20.2 Å². The van der Waals surface area contributed by atoms with Gasteiger partial charge in [0.25, 0.3) is 0 Å². The van der Waals surface area contributed by atoms with Crippen LogP contribution in [0.25, 0.3) is 11.0 Å². The Morgan fingerprint density at radius 3 is 2.52 bits per heavy atom. The third-order valence-corrected chi connectivity index (χ3v) is 5.93. The van der Waals surface area contributed by atoms with E-state index in [0.717, 1.165) is 62.3 Å². The molecule has 2 aliphatic rings. The van der Waals surface area contributed by atoms with Crippen molar-refractivity contribution in [1.82, 2.24) is 14.9 Å². The van der Waals surface area contributed by atoms with Crippen molar-refractivity contribution in [3.8, 4) is 0 Å². The largest absolute Gasteiger partial charge is 0.370 e. The molecular weight excluding hydrogens is 366 g/mol. The van der Waals surface area contributed by atoms with Crippen LogP contribution in [0.1, 0.15) is 24.0 Å². The van der Waals surface area contributed by atoms with Gasteiger partial charge in [-0.15, -0.1) is 0 Å². The Bertz CT molecular complexity index is 1110. The summed E-state index contributed by atoms with van der Waals surface area (Å²) >= 11 is 0. The Morgan fingerprint density at radius 1 is 1.00 bits per heavy atom. The molecule has 29 heavy (non-hydrogen) atoms. The zero-order chi connectivity index (χ0) is 19.8. The van der Waals surface area contributed by atoms with E-state index in [4.69, 9.17) is 0 Å². The summed E-state index contributed by atoms with van der Waals surface area (Å²) in [6.07, 6.45) is 3.25. The van der Waals surface area contributed by atoms with Gasteiger partial charge in [-0.25, -0.2) is 4.79 Å². The van der Waals surface area contributed by atoms with E-state index in [1.54, 1.807) is 0 Å². The molecule has 3 heterocycles. The zero-order valence-electron chi connectivity index (χ0n) is 16.3. The molecule has 5 rings (SSSR count). The highest BCUT2D eigenvalue weighted by molar-refractivity contribution is 5.99. The lowest BCUT2D eigenvalue weighted by Gasteiger charge is -2.28. The maximum absolute atomic E-state index is 12.9. The van der Waals surface area contributed by atoms with Crippen LogP contribution in [-0.2, 0) is 17.8 Å². The van der Waals surface area contributed by atoms with Crippen LogP contribution in [0.4, 0.5) is 11.4 Å². The molecule has 2 aromatic carbocycles. The summed E-state index contributed by atoms with van der Waals surface area (Å²) in [4.78, 5) is 34.6. The molecule has 3 N–H and O–H groups in total. The summed E-state index contributed by atoms with van der Waals surface area (Å²) in [5.74, 6) is -0.0259. The summed E-state index contributed by atoms with van der Waals surface area (Å²) < 4.78 is 0. The number of H-pyrrole nitrogens is 2. The zero-order valence-corrected chi connectivity index (χ0v) is 16.3. The maximum atomic E-state index is 12.9. The first-order valence-electron chi connectivity index (χ1n) is 10.3. The van der Waals surface area contributed by atoms with Crippen LogP contribution >= 0.6 is 0 Å². The van der Waals surface area contributed by atoms with Crippen molar-refractivity contribution < 1.29 is 4.79 Å². The quantitative estimate of drug-likeness (QED) is 0.638. The molecule has 1 fully saturated rings. The molecular formula is C22H25N5O2. The fourth-order valence-electron chi connectivity index (χ4n) is 4.47. The number of nitrogens with zero attached hydrogens (tertiary/aromatic N) is 2. The molecule has 7 nitrogen and oxygen atoms in total. The van der Waals surface area contributed by atoms with Crippen LogP contribution in [0, 0.1) is 0 Å². The van der Waals surface area contributed by atoms with Crippen LogP contribution < -0.4 is 15.9 Å². The van der Waals surface area contributed by atoms with Gasteiger partial charge in [-0.2, -0.15) is 0 Å². The van der Waals surface area contributed by atoms with E-state index in [9.17, 15) is 9.59 Å². The van der Waals surface area contributed by atoms with Gasteiger partial charge in [0.15, 0.2) is 0 Å². The molecule has 1 amide bonds. The molecule has 0 bridgehead atoms. The number of carbonyl (C=O) groups is 1. The Morgan fingerprint density at radius 2 is 1.72 bits per heavy atom. The van der Waals surface area contributed by atoms with Crippen molar-refractivity contribution in [2.24, 2.45) is 0 Å². The summed E-state index contributed by atoms with van der Waals surface area (Å²) in [5, 5.41) is 3.10. The molecule has 2 aliphatic heterocycles. The third kappa shape index (κ3) is 3.65. The van der Waals surface area contributed by atoms with Crippen LogP contribution in [-0.4, -0.2) is 47.0 Å². The lowest BCUT2D eigenvalue weighted by molar-refractivity contribution is -0.117. The van der Waals surface area contributed by atoms with Gasteiger partial charge in [0.05, 0.1) is 29.0 Å². The molecule has 0 atom stereocenters. The summed E-state index contributed by atoms with van der Waals surface area (Å²) in [7, 11) is 0. The first-order valence-corrected chi connectivity index (χ1v) is 10.3. The van der Waals surface area contributed by atoms with Crippen LogP contribution in [0.2, 0.25) is 0 Å². The van der Waals surface area contributed by atoms with Crippen molar-refractivity contribution in [3.63, 3.8) is 0 Å². The Hall–Kier alpha value is -3.06. The number of anilines is 2. The number of aromatic amines is 2. The predicted octanol–water partition coefficient (Wildman–Crippen LogP) is 2.45. The molecule has 0 radical (unpaired) electrons. The van der Waals surface area contributed by atoms with Gasteiger partial charge in [-0.05, 0) is 42.5 Å². The molecule has 150 valence electrons. The van der Waals surface area contributed by atoms with E-state index >= 15 is 0 Å². The smallest absolute Gasteiger partial charge is 0.323 e. The van der Waals surface area contributed by atoms with Crippen molar-refractivity contribution in [2.45, 2.75) is 25.8 Å². The number of hydrogen-bond acceptors (Lipinski definition) is 4. The number of carbonyl (C=O) groups excluding carboxylic acids is 1. The van der Waals surface area contributed by atoms with E-state index in [-0.39, 0.29) is 11.6 Å². The number of amides is 1. The lowest BCUT2D eigenvalue weighted by Crippen LogP contribution is -2.37. The first-order chi connectivity index (χ1) is 14.2. The number of fused-ring (bicyclic) bond motifs is 2. The predicted molar refractivity (Wildman–Crippen MR) is 114 cm³/mol. The fourth-order valence-corrected chi connectivity index (χ4v) is 4.47. The highest BCUT2D eigenvalue weighted by atomic mass is 16.2. The SMILES string of the molecule is O=C(CN1CCc2ccccc2C1)Nc1cc2[nH]c(=O)[nH]c2cc1N1CCCC1. The average molecular weight is 391 g/mol. The van der Waals surface area contributed by atoms with Crippen molar-refractivity contribution in [2.75, 3.05) is 36.4 Å². The first kappa shape index (κ1) is 18.0. The monoisotopic (exact) mass is 391 g/mol. The number of hydrogen-bond donors (Lipinski definition) is 3. The Labute approximate surface area is 168 Å². The van der Waals surface area contributed by atoms with E-state index < -0.39 is 0 Å². The Kier molecular flexibility index (Phi) is 4.60.